The lowest BCUT2D eigenvalue weighted by Gasteiger charge is -2.35. The summed E-state index contributed by atoms with van der Waals surface area (Å²) in [4.78, 5) is 15.0. The Balaban J connectivity index is 1.24. The summed E-state index contributed by atoms with van der Waals surface area (Å²) in [5, 5.41) is 11.9. The lowest BCUT2D eigenvalue weighted by atomic mass is 9.81. The molecule has 2 aromatic carbocycles. The van der Waals surface area contributed by atoms with Crippen molar-refractivity contribution in [2.75, 3.05) is 51.0 Å². The van der Waals surface area contributed by atoms with Crippen LogP contribution < -0.4 is 10.2 Å². The fourth-order valence-corrected chi connectivity index (χ4v) is 9.34. The molecule has 0 radical (unpaired) electrons. The molecule has 1 N–H and O–H groups in total. The number of nitriles is 1. The Bertz CT molecular complexity index is 1670. The number of hydrogen-bond donors (Lipinski definition) is 1. The molecule has 54 heavy (non-hydrogen) atoms. The van der Waals surface area contributed by atoms with Crippen LogP contribution in [0.2, 0.25) is 0 Å². The van der Waals surface area contributed by atoms with Crippen molar-refractivity contribution in [2.45, 2.75) is 117 Å². The van der Waals surface area contributed by atoms with E-state index in [0.29, 0.717) is 45.8 Å². The van der Waals surface area contributed by atoms with Gasteiger partial charge in [0.2, 0.25) is 11.6 Å². The first kappa shape index (κ1) is 43.3. The van der Waals surface area contributed by atoms with Crippen molar-refractivity contribution in [1.82, 2.24) is 9.99 Å². The number of anilines is 1. The first-order valence-electron chi connectivity index (χ1n) is 19.9. The van der Waals surface area contributed by atoms with E-state index in [9.17, 15) is 4.79 Å². The number of nitrogens with one attached hydrogen (secondary N) is 1. The predicted molar refractivity (Wildman–Crippen MR) is 222 cm³/mol. The standard InChI is InChI=1S/C44H64N5O4P/c1-10-47-38-22-15-13-20-36(38)43(6,7)40(47)24-18-25-41-44(8,9)37-21-14-16-23-39(37)48(41)29-17-11-12-26-42(50)46-28-31-51-32-33-53-54(52-30-19-27-45)49(34(2)3)35(4)5/h13-16,18,20-25,34-35H,10-12,17,19,26,28-33H2,1-9H3/p+1. The summed E-state index contributed by atoms with van der Waals surface area (Å²) in [6.45, 7) is 23.8. The van der Waals surface area contributed by atoms with Crippen molar-refractivity contribution in [3.63, 3.8) is 0 Å². The van der Waals surface area contributed by atoms with Gasteiger partial charge in [0.15, 0.2) is 5.71 Å². The van der Waals surface area contributed by atoms with Crippen molar-refractivity contribution in [2.24, 2.45) is 0 Å². The van der Waals surface area contributed by atoms with Gasteiger partial charge in [0.1, 0.15) is 6.54 Å². The molecule has 294 valence electrons. The number of benzene rings is 2. The van der Waals surface area contributed by atoms with Crippen molar-refractivity contribution >= 4 is 31.5 Å². The van der Waals surface area contributed by atoms with Gasteiger partial charge in [0.05, 0.1) is 44.3 Å². The Kier molecular flexibility index (Phi) is 16.5. The first-order valence-corrected chi connectivity index (χ1v) is 21.0. The van der Waals surface area contributed by atoms with E-state index in [4.69, 9.17) is 19.0 Å². The van der Waals surface area contributed by atoms with E-state index in [-0.39, 0.29) is 28.8 Å². The normalized spacial score (nSPS) is 17.2. The van der Waals surface area contributed by atoms with Crippen molar-refractivity contribution < 1.29 is 23.2 Å². The number of amides is 1. The van der Waals surface area contributed by atoms with E-state index in [0.717, 1.165) is 32.4 Å². The number of para-hydroxylation sites is 2. The maximum Gasteiger partial charge on any atom is 0.259 e. The number of fused-ring (bicyclic) bond motifs is 2. The minimum absolute atomic E-state index is 0.0581. The van der Waals surface area contributed by atoms with E-state index in [2.05, 4.69) is 155 Å². The Labute approximate surface area is 327 Å². The Morgan fingerprint density at radius 3 is 2.31 bits per heavy atom. The highest BCUT2D eigenvalue weighted by Crippen LogP contribution is 2.48. The second-order valence-corrected chi connectivity index (χ2v) is 17.1. The molecule has 0 saturated carbocycles. The molecular weight excluding hydrogens is 693 g/mol. The van der Waals surface area contributed by atoms with Gasteiger partial charge in [-0.25, -0.2) is 4.67 Å². The second kappa shape index (κ2) is 20.5. The van der Waals surface area contributed by atoms with Gasteiger partial charge in [-0.3, -0.25) is 4.79 Å². The predicted octanol–water partition coefficient (Wildman–Crippen LogP) is 9.31. The van der Waals surface area contributed by atoms with Gasteiger partial charge in [0, 0.05) is 72.5 Å². The minimum Gasteiger partial charge on any atom is -0.377 e. The molecule has 2 aromatic rings. The number of rotatable bonds is 22. The molecule has 2 heterocycles. The van der Waals surface area contributed by atoms with Crippen LogP contribution in [0.5, 0.6) is 0 Å². The highest BCUT2D eigenvalue weighted by atomic mass is 31.2. The molecule has 4 rings (SSSR count). The van der Waals surface area contributed by atoms with Crippen LogP contribution in [0.4, 0.5) is 11.4 Å². The van der Waals surface area contributed by atoms with Gasteiger partial charge in [-0.1, -0.05) is 56.3 Å². The van der Waals surface area contributed by atoms with Crippen LogP contribution in [-0.4, -0.2) is 79.0 Å². The largest absolute Gasteiger partial charge is 0.377 e. The zero-order valence-electron chi connectivity index (χ0n) is 34.4. The minimum atomic E-state index is -1.28. The summed E-state index contributed by atoms with van der Waals surface area (Å²) < 4.78 is 22.4. The number of nitrogens with zero attached hydrogens (tertiary/aromatic N) is 4. The van der Waals surface area contributed by atoms with Gasteiger partial charge >= 0.3 is 0 Å². The third-order valence-corrected chi connectivity index (χ3v) is 12.5. The molecule has 0 spiro atoms. The average molecular weight is 759 g/mol. The molecule has 1 unspecified atom stereocenters. The molecule has 9 nitrogen and oxygen atoms in total. The molecule has 2 aliphatic heterocycles. The topological polar surface area (TPSA) is 90.1 Å². The summed E-state index contributed by atoms with van der Waals surface area (Å²) in [5.41, 5.74) is 7.77. The molecule has 0 aromatic heterocycles. The van der Waals surface area contributed by atoms with Crippen LogP contribution in [-0.2, 0) is 29.4 Å². The van der Waals surface area contributed by atoms with Gasteiger partial charge < -0.3 is 24.0 Å². The van der Waals surface area contributed by atoms with E-state index in [1.54, 1.807) is 0 Å². The maximum atomic E-state index is 12.6. The Hall–Kier alpha value is -3.38. The molecule has 0 fully saturated rings. The molecule has 0 aliphatic carbocycles. The number of carbonyl (C=O) groups excluding carboxylic acids is 1. The highest BCUT2D eigenvalue weighted by Gasteiger charge is 2.44. The quantitative estimate of drug-likeness (QED) is 0.0728. The number of hydrogen-bond acceptors (Lipinski definition) is 7. The summed E-state index contributed by atoms with van der Waals surface area (Å²) in [7, 11) is -1.28. The SMILES string of the molecule is CCN1/C(=C/C=C/C2=[N+](CCCCCC(=O)NCCOCCOP(OCCC#N)N(C(C)C)C(C)C)c3ccccc3C2(C)C)C(C)(C)c2ccccc21. The van der Waals surface area contributed by atoms with Crippen LogP contribution in [0.1, 0.15) is 106 Å². The van der Waals surface area contributed by atoms with Gasteiger partial charge in [-0.2, -0.15) is 9.84 Å². The number of likely N-dealkylation sites (N-methyl/N-ethyl adjacent to an activating group) is 1. The van der Waals surface area contributed by atoms with Gasteiger partial charge in [-0.05, 0) is 79.0 Å². The Morgan fingerprint density at radius 1 is 0.926 bits per heavy atom. The summed E-state index contributed by atoms with van der Waals surface area (Å²) in [5.74, 6) is 0.0581. The molecule has 0 saturated heterocycles. The van der Waals surface area contributed by atoms with Gasteiger partial charge in [-0.15, -0.1) is 0 Å². The van der Waals surface area contributed by atoms with Gasteiger partial charge in [0.25, 0.3) is 8.53 Å². The number of ether oxygens (including phenoxy) is 1. The van der Waals surface area contributed by atoms with Crippen LogP contribution in [0, 0.1) is 11.3 Å². The molecule has 10 heteroatoms. The maximum absolute atomic E-state index is 12.6. The van der Waals surface area contributed by atoms with Crippen molar-refractivity contribution in [3.8, 4) is 6.07 Å². The van der Waals surface area contributed by atoms with Crippen LogP contribution >= 0.6 is 8.53 Å². The zero-order valence-corrected chi connectivity index (χ0v) is 35.3. The molecular formula is C44H65N5O4P+. The number of carbonyl (C=O) groups is 1. The zero-order chi connectivity index (χ0) is 39.3. The third-order valence-electron chi connectivity index (χ3n) is 10.4. The molecule has 0 bridgehead atoms. The van der Waals surface area contributed by atoms with E-state index >= 15 is 0 Å². The number of allylic oxidation sites excluding steroid dienone is 4. The van der Waals surface area contributed by atoms with Crippen LogP contribution in [0.15, 0.2) is 72.5 Å². The van der Waals surface area contributed by atoms with Crippen molar-refractivity contribution in [1.29, 1.82) is 5.26 Å². The fraction of sp³-hybridized carbons (Fsp3) is 0.568. The smallest absolute Gasteiger partial charge is 0.259 e. The summed E-state index contributed by atoms with van der Waals surface area (Å²) in [6, 6.07) is 20.2. The molecule has 1 amide bonds. The third kappa shape index (κ3) is 10.7. The van der Waals surface area contributed by atoms with E-state index < -0.39 is 8.53 Å². The summed E-state index contributed by atoms with van der Waals surface area (Å²) >= 11 is 0. The number of unbranched alkanes of at least 4 members (excludes halogenated alkanes) is 2. The fourth-order valence-electron chi connectivity index (χ4n) is 7.77. The van der Waals surface area contributed by atoms with E-state index in [1.807, 2.05) is 0 Å². The average Bonchev–Trinajstić information content (AvgIpc) is 3.49. The Morgan fingerprint density at radius 2 is 1.61 bits per heavy atom. The van der Waals surface area contributed by atoms with Crippen LogP contribution in [0.25, 0.3) is 0 Å². The highest BCUT2D eigenvalue weighted by molar-refractivity contribution is 7.44. The molecule has 1 atom stereocenters. The lowest BCUT2D eigenvalue weighted by Crippen LogP contribution is -2.34. The van der Waals surface area contributed by atoms with Crippen molar-refractivity contribution in [3.05, 3.63) is 83.6 Å². The monoisotopic (exact) mass is 758 g/mol. The first-order chi connectivity index (χ1) is 25.9. The lowest BCUT2D eigenvalue weighted by molar-refractivity contribution is -0.438. The molecule has 2 aliphatic rings. The summed E-state index contributed by atoms with van der Waals surface area (Å²) in [6.07, 6.45) is 10.5. The second-order valence-electron chi connectivity index (χ2n) is 15.6. The van der Waals surface area contributed by atoms with E-state index in [1.165, 1.54) is 33.9 Å². The van der Waals surface area contributed by atoms with Crippen LogP contribution in [0.3, 0.4) is 0 Å².